The van der Waals surface area contributed by atoms with Crippen molar-refractivity contribution >= 4 is 11.8 Å². The molecule has 0 spiro atoms. The predicted molar refractivity (Wildman–Crippen MR) is 85.5 cm³/mol. The van der Waals surface area contributed by atoms with Crippen LogP contribution in [0.5, 0.6) is 0 Å². The maximum Gasteiger partial charge on any atom is 0.222 e. The van der Waals surface area contributed by atoms with Gasteiger partial charge < -0.3 is 9.80 Å². The summed E-state index contributed by atoms with van der Waals surface area (Å²) in [4.78, 5) is 30.4. The second-order valence-electron chi connectivity index (χ2n) is 6.97. The lowest BCUT2D eigenvalue weighted by atomic mass is 10.1. The Hall–Kier alpha value is -1.10. The molecule has 0 aliphatic carbocycles. The lowest BCUT2D eigenvalue weighted by Crippen LogP contribution is -2.41. The molecule has 0 radical (unpaired) electrons. The van der Waals surface area contributed by atoms with Crippen LogP contribution in [0.15, 0.2) is 0 Å². The second kappa shape index (κ2) is 7.44. The molecule has 0 bridgehead atoms. The molecule has 0 aromatic carbocycles. The normalized spacial score (nSPS) is 26.9. The zero-order valence-corrected chi connectivity index (χ0v) is 13.6. The maximum atomic E-state index is 12.3. The number of amides is 2. The molecular weight excluding hydrogens is 278 g/mol. The highest BCUT2D eigenvalue weighted by molar-refractivity contribution is 5.78. The number of hydrogen-bond acceptors (Lipinski definition) is 3. The molecule has 0 N–H and O–H groups in total. The Labute approximate surface area is 133 Å². The van der Waals surface area contributed by atoms with Crippen molar-refractivity contribution in [1.82, 2.24) is 14.7 Å². The van der Waals surface area contributed by atoms with Crippen LogP contribution in [0.4, 0.5) is 0 Å². The number of rotatable bonds is 5. The highest BCUT2D eigenvalue weighted by Gasteiger charge is 2.30. The van der Waals surface area contributed by atoms with Crippen LogP contribution in [0.1, 0.15) is 51.4 Å². The third-order valence-corrected chi connectivity index (χ3v) is 5.41. The second-order valence-corrected chi connectivity index (χ2v) is 6.97. The van der Waals surface area contributed by atoms with E-state index in [-0.39, 0.29) is 11.8 Å². The molecule has 3 fully saturated rings. The van der Waals surface area contributed by atoms with Gasteiger partial charge >= 0.3 is 0 Å². The van der Waals surface area contributed by atoms with E-state index in [1.165, 1.54) is 32.4 Å². The van der Waals surface area contributed by atoms with Gasteiger partial charge in [0, 0.05) is 45.1 Å². The first kappa shape index (κ1) is 15.8. The fraction of sp³-hybridized carbons (Fsp3) is 0.882. The topological polar surface area (TPSA) is 43.9 Å². The summed E-state index contributed by atoms with van der Waals surface area (Å²) in [6.45, 7) is 5.90. The smallest absolute Gasteiger partial charge is 0.222 e. The first-order valence-corrected chi connectivity index (χ1v) is 9.03. The van der Waals surface area contributed by atoms with E-state index >= 15 is 0 Å². The average Bonchev–Trinajstić information content (AvgIpc) is 3.18. The minimum atomic E-state index is 0.263. The van der Waals surface area contributed by atoms with Gasteiger partial charge in [-0.15, -0.1) is 0 Å². The zero-order valence-electron chi connectivity index (χ0n) is 13.6. The van der Waals surface area contributed by atoms with Gasteiger partial charge in [-0.05, 0) is 45.2 Å². The van der Waals surface area contributed by atoms with Crippen LogP contribution in [0.25, 0.3) is 0 Å². The van der Waals surface area contributed by atoms with E-state index in [1.54, 1.807) is 0 Å². The lowest BCUT2D eigenvalue weighted by molar-refractivity contribution is -0.132. The fourth-order valence-electron chi connectivity index (χ4n) is 4.07. The fourth-order valence-corrected chi connectivity index (χ4v) is 4.07. The van der Waals surface area contributed by atoms with E-state index in [9.17, 15) is 9.59 Å². The van der Waals surface area contributed by atoms with Gasteiger partial charge in [0.05, 0.1) is 0 Å². The molecule has 0 aromatic heterocycles. The predicted octanol–water partition coefficient (Wildman–Crippen LogP) is 1.48. The zero-order chi connectivity index (χ0) is 15.4. The molecule has 3 aliphatic heterocycles. The van der Waals surface area contributed by atoms with Crippen molar-refractivity contribution in [2.75, 3.05) is 39.3 Å². The minimum Gasteiger partial charge on any atom is -0.343 e. The number of carbonyl (C=O) groups is 2. The van der Waals surface area contributed by atoms with Crippen molar-refractivity contribution < 1.29 is 9.59 Å². The van der Waals surface area contributed by atoms with E-state index in [0.717, 1.165) is 45.4 Å². The first-order chi connectivity index (χ1) is 10.7. The van der Waals surface area contributed by atoms with Crippen molar-refractivity contribution in [1.29, 1.82) is 0 Å². The molecule has 22 heavy (non-hydrogen) atoms. The van der Waals surface area contributed by atoms with E-state index in [0.29, 0.717) is 18.9 Å². The average molecular weight is 307 g/mol. The summed E-state index contributed by atoms with van der Waals surface area (Å²) in [5.74, 6) is 0.546. The standard InChI is InChI=1S/C17H29N3O2/c21-16-6-4-11-19(16)12-5-7-17(22)20-13-8-15(14-20)18-9-2-1-3-10-18/h15H,1-14H2/t15-/m0/s1. The number of likely N-dealkylation sites (tertiary alicyclic amines) is 3. The van der Waals surface area contributed by atoms with Crippen LogP contribution >= 0.6 is 0 Å². The van der Waals surface area contributed by atoms with E-state index in [1.807, 2.05) is 9.80 Å². The van der Waals surface area contributed by atoms with E-state index in [4.69, 9.17) is 0 Å². The van der Waals surface area contributed by atoms with Crippen LogP contribution in [0.2, 0.25) is 0 Å². The Morgan fingerprint density at radius 1 is 1.05 bits per heavy atom. The third-order valence-electron chi connectivity index (χ3n) is 5.41. The Morgan fingerprint density at radius 3 is 2.59 bits per heavy atom. The van der Waals surface area contributed by atoms with Crippen molar-refractivity contribution in [3.63, 3.8) is 0 Å². The monoisotopic (exact) mass is 307 g/mol. The highest BCUT2D eigenvalue weighted by atomic mass is 16.2. The molecule has 3 heterocycles. The van der Waals surface area contributed by atoms with Crippen LogP contribution in [-0.4, -0.2) is 71.8 Å². The van der Waals surface area contributed by atoms with Gasteiger partial charge in [-0.25, -0.2) is 0 Å². The molecule has 0 unspecified atom stereocenters. The van der Waals surface area contributed by atoms with Gasteiger partial charge in [0.2, 0.25) is 11.8 Å². The summed E-state index contributed by atoms with van der Waals surface area (Å²) >= 11 is 0. The molecule has 3 rings (SSSR count). The molecular formula is C17H29N3O2. The number of piperidine rings is 1. The summed E-state index contributed by atoms with van der Waals surface area (Å²) in [7, 11) is 0. The van der Waals surface area contributed by atoms with Gasteiger partial charge in [-0.2, -0.15) is 0 Å². The van der Waals surface area contributed by atoms with Crippen molar-refractivity contribution in [2.45, 2.75) is 57.4 Å². The Bertz CT molecular complexity index is 407. The van der Waals surface area contributed by atoms with Gasteiger partial charge in [0.15, 0.2) is 0 Å². The van der Waals surface area contributed by atoms with Crippen LogP contribution in [-0.2, 0) is 9.59 Å². The maximum absolute atomic E-state index is 12.3. The third kappa shape index (κ3) is 3.80. The van der Waals surface area contributed by atoms with Gasteiger partial charge in [-0.1, -0.05) is 6.42 Å². The molecule has 3 aliphatic rings. The number of nitrogens with zero attached hydrogens (tertiary/aromatic N) is 3. The molecule has 1 atom stereocenters. The van der Waals surface area contributed by atoms with E-state index < -0.39 is 0 Å². The molecule has 0 aromatic rings. The van der Waals surface area contributed by atoms with Gasteiger partial charge in [0.25, 0.3) is 0 Å². The minimum absolute atomic E-state index is 0.263. The van der Waals surface area contributed by atoms with Gasteiger partial charge in [-0.3, -0.25) is 14.5 Å². The molecule has 3 saturated heterocycles. The Kier molecular flexibility index (Phi) is 5.34. The van der Waals surface area contributed by atoms with Crippen molar-refractivity contribution in [3.05, 3.63) is 0 Å². The van der Waals surface area contributed by atoms with E-state index in [2.05, 4.69) is 4.90 Å². The van der Waals surface area contributed by atoms with Crippen LogP contribution in [0, 0.1) is 0 Å². The van der Waals surface area contributed by atoms with Crippen LogP contribution in [0.3, 0.4) is 0 Å². The molecule has 2 amide bonds. The molecule has 5 heteroatoms. The summed E-state index contributed by atoms with van der Waals surface area (Å²) in [5.41, 5.74) is 0. The van der Waals surface area contributed by atoms with Crippen LogP contribution < -0.4 is 0 Å². The highest BCUT2D eigenvalue weighted by Crippen LogP contribution is 2.21. The number of hydrogen-bond donors (Lipinski definition) is 0. The molecule has 0 saturated carbocycles. The Balaban J connectivity index is 1.36. The largest absolute Gasteiger partial charge is 0.343 e. The van der Waals surface area contributed by atoms with Crippen molar-refractivity contribution in [3.8, 4) is 0 Å². The summed E-state index contributed by atoms with van der Waals surface area (Å²) in [6.07, 6.45) is 8.21. The Morgan fingerprint density at radius 2 is 1.86 bits per heavy atom. The quantitative estimate of drug-likeness (QED) is 0.773. The van der Waals surface area contributed by atoms with Crippen molar-refractivity contribution in [2.24, 2.45) is 0 Å². The summed E-state index contributed by atoms with van der Waals surface area (Å²) in [6, 6.07) is 0.587. The number of carbonyl (C=O) groups excluding carboxylic acids is 2. The summed E-state index contributed by atoms with van der Waals surface area (Å²) in [5, 5.41) is 0. The lowest BCUT2D eigenvalue weighted by Gasteiger charge is -2.32. The molecule has 5 nitrogen and oxygen atoms in total. The SMILES string of the molecule is O=C1CCCN1CCCC(=O)N1CC[C@H](N2CCCCC2)C1. The first-order valence-electron chi connectivity index (χ1n) is 9.03. The summed E-state index contributed by atoms with van der Waals surface area (Å²) < 4.78 is 0. The molecule has 124 valence electrons. The van der Waals surface area contributed by atoms with Gasteiger partial charge in [0.1, 0.15) is 0 Å².